The number of carbonyl (C=O) groups is 3. The maximum absolute atomic E-state index is 12.8. The van der Waals surface area contributed by atoms with E-state index >= 15 is 0 Å². The first-order valence-electron chi connectivity index (χ1n) is 25.8. The Morgan fingerprint density at radius 2 is 0.610 bits per heavy atom. The fraction of sp³-hybridized carbons (Fsp3) is 0.868. The Labute approximate surface area is 366 Å². The first-order valence-corrected chi connectivity index (χ1v) is 25.8. The average Bonchev–Trinajstić information content (AvgIpc) is 3.23. The number of allylic oxidation sites excluding steroid dienone is 4. The SMILES string of the molecule is CCCCC/C=C\C/C=C\CCCCCCCCCC(=O)OC[C@@H](COC(=O)CCCCCCCCCCC)OC(=O)CCCCCCCCCCCCCCCCC. The quantitative estimate of drug-likeness (QED) is 0.0263. The van der Waals surface area contributed by atoms with Gasteiger partial charge >= 0.3 is 17.9 Å². The molecule has 0 N–H and O–H groups in total. The summed E-state index contributed by atoms with van der Waals surface area (Å²) in [5.74, 6) is -0.866. The summed E-state index contributed by atoms with van der Waals surface area (Å²) in [5.41, 5.74) is 0. The van der Waals surface area contributed by atoms with Gasteiger partial charge in [0.1, 0.15) is 13.2 Å². The van der Waals surface area contributed by atoms with E-state index in [1.165, 1.54) is 167 Å². The Morgan fingerprint density at radius 1 is 0.339 bits per heavy atom. The molecule has 0 fully saturated rings. The summed E-state index contributed by atoms with van der Waals surface area (Å²) in [5, 5.41) is 0. The number of hydrogen-bond donors (Lipinski definition) is 0. The molecule has 0 aromatic rings. The smallest absolute Gasteiger partial charge is 0.306 e. The van der Waals surface area contributed by atoms with E-state index in [-0.39, 0.29) is 31.1 Å². The highest BCUT2D eigenvalue weighted by molar-refractivity contribution is 5.71. The number of hydrogen-bond acceptors (Lipinski definition) is 6. The maximum atomic E-state index is 12.8. The maximum Gasteiger partial charge on any atom is 0.306 e. The van der Waals surface area contributed by atoms with Crippen LogP contribution in [0.2, 0.25) is 0 Å². The van der Waals surface area contributed by atoms with Crippen LogP contribution in [-0.2, 0) is 28.6 Å². The van der Waals surface area contributed by atoms with Crippen molar-refractivity contribution in [2.24, 2.45) is 0 Å². The zero-order valence-corrected chi connectivity index (χ0v) is 39.5. The number of esters is 3. The lowest BCUT2D eigenvalue weighted by Crippen LogP contribution is -2.30. The third-order valence-electron chi connectivity index (χ3n) is 11.5. The number of carbonyl (C=O) groups excluding carboxylic acids is 3. The standard InChI is InChI=1S/C53H98O6/c1-4-7-10-13-16-19-21-23-25-26-28-29-31-34-37-40-43-46-52(55)58-49-50(48-57-51(54)45-42-39-36-33-18-15-12-9-6-3)59-53(56)47-44-41-38-35-32-30-27-24-22-20-17-14-11-8-5-2/h16,19,23,25,50H,4-15,17-18,20-22,24,26-49H2,1-3H3/b19-16-,25-23-/t50-/m1/s1. The van der Waals surface area contributed by atoms with Gasteiger partial charge in [-0.05, 0) is 51.4 Å². The fourth-order valence-corrected chi connectivity index (χ4v) is 7.53. The summed E-state index contributed by atoms with van der Waals surface area (Å²) in [6.07, 6.45) is 54.4. The molecule has 6 nitrogen and oxygen atoms in total. The van der Waals surface area contributed by atoms with Gasteiger partial charge in [0.2, 0.25) is 0 Å². The van der Waals surface area contributed by atoms with Gasteiger partial charge in [-0.2, -0.15) is 0 Å². The highest BCUT2D eigenvalue weighted by Crippen LogP contribution is 2.16. The molecule has 0 radical (unpaired) electrons. The van der Waals surface area contributed by atoms with E-state index in [0.717, 1.165) is 70.6 Å². The van der Waals surface area contributed by atoms with E-state index in [9.17, 15) is 14.4 Å². The van der Waals surface area contributed by atoms with Gasteiger partial charge < -0.3 is 14.2 Å². The summed E-state index contributed by atoms with van der Waals surface area (Å²) in [4.78, 5) is 37.9. The highest BCUT2D eigenvalue weighted by atomic mass is 16.6. The lowest BCUT2D eigenvalue weighted by atomic mass is 10.0. The molecule has 0 heterocycles. The Bertz CT molecular complexity index is 958. The minimum Gasteiger partial charge on any atom is -0.462 e. The van der Waals surface area contributed by atoms with E-state index < -0.39 is 6.10 Å². The van der Waals surface area contributed by atoms with Crippen molar-refractivity contribution in [3.05, 3.63) is 24.3 Å². The molecule has 0 aromatic carbocycles. The van der Waals surface area contributed by atoms with Gasteiger partial charge in [-0.25, -0.2) is 0 Å². The molecule has 0 aliphatic heterocycles. The topological polar surface area (TPSA) is 78.9 Å². The van der Waals surface area contributed by atoms with Crippen LogP contribution in [0.15, 0.2) is 24.3 Å². The summed E-state index contributed by atoms with van der Waals surface area (Å²) < 4.78 is 16.8. The van der Waals surface area contributed by atoms with E-state index in [0.29, 0.717) is 19.3 Å². The van der Waals surface area contributed by atoms with Crippen molar-refractivity contribution < 1.29 is 28.6 Å². The van der Waals surface area contributed by atoms with E-state index in [1.54, 1.807) is 0 Å². The molecular formula is C53H98O6. The van der Waals surface area contributed by atoms with E-state index in [2.05, 4.69) is 45.1 Å². The molecule has 346 valence electrons. The van der Waals surface area contributed by atoms with Crippen molar-refractivity contribution in [1.82, 2.24) is 0 Å². The van der Waals surface area contributed by atoms with Crippen LogP contribution in [-0.4, -0.2) is 37.2 Å². The molecular weight excluding hydrogens is 733 g/mol. The number of unbranched alkanes of at least 4 members (excludes halogenated alkanes) is 32. The fourth-order valence-electron chi connectivity index (χ4n) is 7.53. The summed E-state index contributed by atoms with van der Waals surface area (Å²) in [7, 11) is 0. The van der Waals surface area contributed by atoms with Crippen LogP contribution in [0.1, 0.15) is 278 Å². The lowest BCUT2D eigenvalue weighted by Gasteiger charge is -2.18. The predicted molar refractivity (Wildman–Crippen MR) is 252 cm³/mol. The Morgan fingerprint density at radius 3 is 0.966 bits per heavy atom. The van der Waals surface area contributed by atoms with Crippen molar-refractivity contribution in [1.29, 1.82) is 0 Å². The summed E-state index contributed by atoms with van der Waals surface area (Å²) in [6.45, 7) is 6.61. The van der Waals surface area contributed by atoms with Crippen LogP contribution in [0, 0.1) is 0 Å². The van der Waals surface area contributed by atoms with Crippen LogP contribution < -0.4 is 0 Å². The molecule has 0 aromatic heterocycles. The summed E-state index contributed by atoms with van der Waals surface area (Å²) in [6, 6.07) is 0. The molecule has 0 unspecified atom stereocenters. The number of ether oxygens (including phenoxy) is 3. The van der Waals surface area contributed by atoms with Crippen LogP contribution in [0.3, 0.4) is 0 Å². The molecule has 0 aliphatic rings. The molecule has 6 heteroatoms. The second-order valence-electron chi connectivity index (χ2n) is 17.4. The lowest BCUT2D eigenvalue weighted by molar-refractivity contribution is -0.167. The molecule has 0 saturated carbocycles. The van der Waals surface area contributed by atoms with Crippen LogP contribution in [0.4, 0.5) is 0 Å². The third kappa shape index (κ3) is 46.8. The van der Waals surface area contributed by atoms with E-state index in [1.807, 2.05) is 0 Å². The molecule has 0 aliphatic carbocycles. The van der Waals surface area contributed by atoms with Gasteiger partial charge in [0.05, 0.1) is 0 Å². The molecule has 59 heavy (non-hydrogen) atoms. The normalized spacial score (nSPS) is 12.1. The zero-order valence-electron chi connectivity index (χ0n) is 39.5. The van der Waals surface area contributed by atoms with Gasteiger partial charge in [0.15, 0.2) is 6.10 Å². The highest BCUT2D eigenvalue weighted by Gasteiger charge is 2.19. The summed E-state index contributed by atoms with van der Waals surface area (Å²) >= 11 is 0. The first-order chi connectivity index (χ1) is 29.0. The second-order valence-corrected chi connectivity index (χ2v) is 17.4. The van der Waals surface area contributed by atoms with Crippen LogP contribution in [0.25, 0.3) is 0 Å². The molecule has 0 bridgehead atoms. The second kappa shape index (κ2) is 48.6. The van der Waals surface area contributed by atoms with Gasteiger partial charge in [-0.15, -0.1) is 0 Å². The molecule has 1 atom stereocenters. The van der Waals surface area contributed by atoms with Crippen molar-refractivity contribution in [3.8, 4) is 0 Å². The minimum atomic E-state index is -0.767. The minimum absolute atomic E-state index is 0.0693. The molecule has 0 saturated heterocycles. The van der Waals surface area contributed by atoms with Gasteiger partial charge in [0.25, 0.3) is 0 Å². The van der Waals surface area contributed by atoms with Crippen molar-refractivity contribution in [2.75, 3.05) is 13.2 Å². The number of rotatable bonds is 47. The van der Waals surface area contributed by atoms with Crippen LogP contribution in [0.5, 0.6) is 0 Å². The monoisotopic (exact) mass is 831 g/mol. The largest absolute Gasteiger partial charge is 0.462 e. The predicted octanol–water partition coefficient (Wildman–Crippen LogP) is 16.8. The molecule has 0 amide bonds. The van der Waals surface area contributed by atoms with Crippen molar-refractivity contribution in [3.63, 3.8) is 0 Å². The third-order valence-corrected chi connectivity index (χ3v) is 11.5. The van der Waals surface area contributed by atoms with Crippen molar-refractivity contribution >= 4 is 17.9 Å². The van der Waals surface area contributed by atoms with Gasteiger partial charge in [0, 0.05) is 19.3 Å². The Kier molecular flexibility index (Phi) is 46.8. The molecule has 0 rings (SSSR count). The van der Waals surface area contributed by atoms with Crippen molar-refractivity contribution in [2.45, 2.75) is 284 Å². The van der Waals surface area contributed by atoms with Gasteiger partial charge in [-0.1, -0.05) is 231 Å². The van der Waals surface area contributed by atoms with Gasteiger partial charge in [-0.3, -0.25) is 14.4 Å². The zero-order chi connectivity index (χ0) is 43.0. The Balaban J connectivity index is 4.29. The van der Waals surface area contributed by atoms with Crippen LogP contribution >= 0.6 is 0 Å². The average molecular weight is 831 g/mol. The molecule has 0 spiro atoms. The Hall–Kier alpha value is -2.11. The van der Waals surface area contributed by atoms with E-state index in [4.69, 9.17) is 14.2 Å². The first kappa shape index (κ1) is 56.9.